The lowest BCUT2D eigenvalue weighted by Gasteiger charge is -2.07. The van der Waals surface area contributed by atoms with E-state index in [9.17, 15) is 4.39 Å². The number of nitrogens with zero attached hydrogens (tertiary/aromatic N) is 7. The SMILES string of the molecule is N#Cc1ccc(F)c(-c2nc(CSc3nnc(-c4ccncc4)n3C3CC3)no2)c1. The van der Waals surface area contributed by atoms with Gasteiger partial charge in [-0.1, -0.05) is 16.9 Å². The fourth-order valence-electron chi connectivity index (χ4n) is 3.04. The van der Waals surface area contributed by atoms with E-state index >= 15 is 0 Å². The van der Waals surface area contributed by atoms with Crippen molar-refractivity contribution in [2.75, 3.05) is 0 Å². The fraction of sp³-hybridized carbons (Fsp3) is 0.200. The summed E-state index contributed by atoms with van der Waals surface area (Å²) in [4.78, 5) is 8.33. The average Bonchev–Trinajstić information content (AvgIpc) is 3.35. The zero-order chi connectivity index (χ0) is 20.5. The maximum absolute atomic E-state index is 14.1. The molecule has 0 atom stereocenters. The van der Waals surface area contributed by atoms with Crippen LogP contribution >= 0.6 is 11.8 Å². The van der Waals surface area contributed by atoms with Gasteiger partial charge in [0.15, 0.2) is 16.8 Å². The van der Waals surface area contributed by atoms with Gasteiger partial charge in [-0.05, 0) is 43.2 Å². The molecule has 0 bridgehead atoms. The fourth-order valence-corrected chi connectivity index (χ4v) is 3.89. The molecule has 1 aliphatic carbocycles. The molecule has 3 aromatic heterocycles. The van der Waals surface area contributed by atoms with Gasteiger partial charge in [0, 0.05) is 24.0 Å². The zero-order valence-corrected chi connectivity index (χ0v) is 16.4. The summed E-state index contributed by atoms with van der Waals surface area (Å²) in [6, 6.07) is 10.2. The number of rotatable bonds is 6. The molecule has 4 aromatic rings. The number of pyridine rings is 1. The summed E-state index contributed by atoms with van der Waals surface area (Å²) in [5.41, 5.74) is 1.39. The lowest BCUT2D eigenvalue weighted by Crippen LogP contribution is -2.00. The maximum atomic E-state index is 14.1. The van der Waals surface area contributed by atoms with E-state index in [-0.39, 0.29) is 11.5 Å². The lowest BCUT2D eigenvalue weighted by molar-refractivity contribution is 0.422. The molecule has 0 spiro atoms. The largest absolute Gasteiger partial charge is 0.334 e. The normalized spacial score (nSPS) is 13.3. The van der Waals surface area contributed by atoms with Gasteiger partial charge in [-0.25, -0.2) is 4.39 Å². The van der Waals surface area contributed by atoms with Gasteiger partial charge >= 0.3 is 0 Å². The van der Waals surface area contributed by atoms with Gasteiger partial charge in [-0.3, -0.25) is 9.55 Å². The molecule has 8 nitrogen and oxygen atoms in total. The molecule has 0 unspecified atom stereocenters. The highest BCUT2D eigenvalue weighted by Gasteiger charge is 2.30. The molecule has 0 saturated heterocycles. The third kappa shape index (κ3) is 3.55. The Morgan fingerprint density at radius 2 is 2.03 bits per heavy atom. The Bertz CT molecular complexity index is 1240. The molecular weight excluding hydrogens is 405 g/mol. The molecule has 0 aliphatic heterocycles. The second-order valence-electron chi connectivity index (χ2n) is 6.75. The van der Waals surface area contributed by atoms with Crippen molar-refractivity contribution in [2.45, 2.75) is 29.8 Å². The van der Waals surface area contributed by atoms with Crippen molar-refractivity contribution < 1.29 is 8.91 Å². The molecule has 10 heteroatoms. The van der Waals surface area contributed by atoms with E-state index in [0.29, 0.717) is 23.2 Å². The van der Waals surface area contributed by atoms with Crippen molar-refractivity contribution in [2.24, 2.45) is 0 Å². The molecule has 1 saturated carbocycles. The monoisotopic (exact) mass is 419 g/mol. The highest BCUT2D eigenvalue weighted by molar-refractivity contribution is 7.98. The van der Waals surface area contributed by atoms with Gasteiger partial charge in [0.05, 0.1) is 22.9 Å². The minimum Gasteiger partial charge on any atom is -0.334 e. The minimum atomic E-state index is -0.521. The van der Waals surface area contributed by atoms with Crippen molar-refractivity contribution in [3.05, 3.63) is 59.9 Å². The van der Waals surface area contributed by atoms with Crippen molar-refractivity contribution in [3.8, 4) is 28.9 Å². The predicted molar refractivity (Wildman–Crippen MR) is 105 cm³/mol. The summed E-state index contributed by atoms with van der Waals surface area (Å²) in [5, 5.41) is 22.4. The predicted octanol–water partition coefficient (Wildman–Crippen LogP) is 4.03. The number of halogens is 1. The van der Waals surface area contributed by atoms with Gasteiger partial charge in [0.2, 0.25) is 0 Å². The van der Waals surface area contributed by atoms with Crippen LogP contribution in [0.4, 0.5) is 4.39 Å². The van der Waals surface area contributed by atoms with Crippen molar-refractivity contribution in [3.63, 3.8) is 0 Å². The molecule has 5 rings (SSSR count). The number of hydrogen-bond acceptors (Lipinski definition) is 8. The van der Waals surface area contributed by atoms with Gasteiger partial charge in [-0.15, -0.1) is 10.2 Å². The first-order valence-corrected chi connectivity index (χ1v) is 10.2. The summed E-state index contributed by atoms with van der Waals surface area (Å²) in [5.74, 6) is 1.14. The molecular formula is C20H14FN7OS. The summed E-state index contributed by atoms with van der Waals surface area (Å²) in [6.07, 6.45) is 5.64. The number of nitriles is 1. The van der Waals surface area contributed by atoms with E-state index in [0.717, 1.165) is 29.4 Å². The number of hydrogen-bond donors (Lipinski definition) is 0. The first-order valence-electron chi connectivity index (χ1n) is 9.23. The molecule has 1 aliphatic rings. The van der Waals surface area contributed by atoms with Crippen molar-refractivity contribution in [1.29, 1.82) is 5.26 Å². The van der Waals surface area contributed by atoms with Crippen LogP contribution < -0.4 is 0 Å². The van der Waals surface area contributed by atoms with Crippen LogP contribution in [0.5, 0.6) is 0 Å². The van der Waals surface area contributed by atoms with Gasteiger partial charge in [-0.2, -0.15) is 10.2 Å². The second-order valence-corrected chi connectivity index (χ2v) is 7.70. The Hall–Kier alpha value is -3.58. The Kier molecular flexibility index (Phi) is 4.72. The van der Waals surface area contributed by atoms with Crippen molar-refractivity contribution in [1.82, 2.24) is 29.9 Å². The Morgan fingerprint density at radius 1 is 1.20 bits per heavy atom. The van der Waals surface area contributed by atoms with E-state index in [1.165, 1.54) is 30.0 Å². The van der Waals surface area contributed by atoms with Crippen molar-refractivity contribution >= 4 is 11.8 Å². The first kappa shape index (κ1) is 18.4. The standard InChI is InChI=1S/C20H14FN7OS/c21-16-4-1-12(10-22)9-15(16)19-24-17(27-29-19)11-30-20-26-25-18(28(20)14-2-3-14)13-5-7-23-8-6-13/h1,4-9,14H,2-3,11H2. The zero-order valence-electron chi connectivity index (χ0n) is 15.6. The molecule has 0 radical (unpaired) electrons. The maximum Gasteiger partial charge on any atom is 0.260 e. The quantitative estimate of drug-likeness (QED) is 0.431. The van der Waals surface area contributed by atoms with E-state index in [1.807, 2.05) is 18.2 Å². The van der Waals surface area contributed by atoms with Crippen LogP contribution in [-0.2, 0) is 5.75 Å². The third-order valence-corrected chi connectivity index (χ3v) is 5.58. The van der Waals surface area contributed by atoms with E-state index in [1.54, 1.807) is 12.4 Å². The molecule has 0 N–H and O–H groups in total. The molecule has 148 valence electrons. The second kappa shape index (κ2) is 7.68. The van der Waals surface area contributed by atoms with Gasteiger partial charge in [0.25, 0.3) is 5.89 Å². The van der Waals surface area contributed by atoms with Crippen LogP contribution in [0.15, 0.2) is 52.4 Å². The molecule has 0 amide bonds. The van der Waals surface area contributed by atoms with Crippen LogP contribution in [-0.4, -0.2) is 29.9 Å². The summed E-state index contributed by atoms with van der Waals surface area (Å²) < 4.78 is 21.4. The molecule has 1 fully saturated rings. The van der Waals surface area contributed by atoms with E-state index < -0.39 is 5.82 Å². The van der Waals surface area contributed by atoms with Gasteiger partial charge < -0.3 is 4.52 Å². The average molecular weight is 419 g/mol. The smallest absolute Gasteiger partial charge is 0.260 e. The minimum absolute atomic E-state index is 0.0429. The number of thioether (sulfide) groups is 1. The summed E-state index contributed by atoms with van der Waals surface area (Å²) >= 11 is 1.45. The Labute approximate surface area is 174 Å². The van der Waals surface area contributed by atoms with Crippen LogP contribution in [0.1, 0.15) is 30.3 Å². The molecule has 3 heterocycles. The van der Waals surface area contributed by atoms with Crippen LogP contribution in [0.2, 0.25) is 0 Å². The number of aromatic nitrogens is 6. The first-order chi connectivity index (χ1) is 14.7. The van der Waals surface area contributed by atoms with Gasteiger partial charge in [0.1, 0.15) is 5.82 Å². The molecule has 1 aromatic carbocycles. The highest BCUT2D eigenvalue weighted by atomic mass is 32.2. The number of benzene rings is 1. The summed E-state index contributed by atoms with van der Waals surface area (Å²) in [6.45, 7) is 0. The third-order valence-electron chi connectivity index (χ3n) is 4.64. The van der Waals surface area contributed by atoms with Crippen LogP contribution in [0.25, 0.3) is 22.8 Å². The van der Waals surface area contributed by atoms with E-state index in [4.69, 9.17) is 9.78 Å². The topological polar surface area (TPSA) is 106 Å². The lowest BCUT2D eigenvalue weighted by atomic mass is 10.1. The summed E-state index contributed by atoms with van der Waals surface area (Å²) in [7, 11) is 0. The van der Waals surface area contributed by atoms with E-state index in [2.05, 4.69) is 29.9 Å². The highest BCUT2D eigenvalue weighted by Crippen LogP contribution is 2.41. The Morgan fingerprint density at radius 3 is 2.80 bits per heavy atom. The Balaban J connectivity index is 1.37. The van der Waals surface area contributed by atoms with Crippen LogP contribution in [0.3, 0.4) is 0 Å². The molecule has 30 heavy (non-hydrogen) atoms. The van der Waals surface area contributed by atoms with Crippen LogP contribution in [0, 0.1) is 17.1 Å².